The van der Waals surface area contributed by atoms with Gasteiger partial charge in [-0.3, -0.25) is 9.69 Å². The Morgan fingerprint density at radius 3 is 2.49 bits per heavy atom. The van der Waals surface area contributed by atoms with Crippen LogP contribution in [0.5, 0.6) is 0 Å². The van der Waals surface area contributed by atoms with Crippen molar-refractivity contribution in [1.29, 1.82) is 0 Å². The highest BCUT2D eigenvalue weighted by Crippen LogP contribution is 2.35. The van der Waals surface area contributed by atoms with E-state index in [1.54, 1.807) is 42.3 Å². The molecule has 1 aliphatic heterocycles. The summed E-state index contributed by atoms with van der Waals surface area (Å²) in [6.45, 7) is 9.81. The number of aromatic nitrogens is 3. The number of rotatable bonds is 7. The highest BCUT2D eigenvalue weighted by atomic mass is 16.6. The van der Waals surface area contributed by atoms with Crippen molar-refractivity contribution >= 4 is 23.8 Å². The number of nitrogens with zero attached hydrogens (tertiary/aromatic N) is 4. The first-order valence-corrected chi connectivity index (χ1v) is 13.9. The maximum absolute atomic E-state index is 13.1. The van der Waals surface area contributed by atoms with Crippen LogP contribution in [0.2, 0.25) is 0 Å². The monoisotopic (exact) mass is 562 g/mol. The van der Waals surface area contributed by atoms with Gasteiger partial charge in [0, 0.05) is 23.9 Å². The van der Waals surface area contributed by atoms with Crippen LogP contribution in [0, 0.1) is 0 Å². The molecule has 1 unspecified atom stereocenters. The summed E-state index contributed by atoms with van der Waals surface area (Å²) in [5, 5.41) is 2.81. The fourth-order valence-corrected chi connectivity index (χ4v) is 4.75. The van der Waals surface area contributed by atoms with Gasteiger partial charge in [0.2, 0.25) is 0 Å². The second kappa shape index (κ2) is 12.4. The number of hydrogen-bond acceptors (Lipinski definition) is 8. The number of anilines is 1. The standard InChI is InChI=1S/C30H38N6O5/c1-6-19-15-16-32-23(18-19)33-27(37)21-13-11-20(12-14-21)24-25(28(38)40-7-2)36(31)26(34-24)22-10-8-9-17-35(22)29(39)41-30(3,4)5/h11-16,18,22H,6-10,17,31H2,1-5H3,(H,32,33,37). The fraction of sp³-hybridized carbons (Fsp3) is 0.433. The molecule has 1 aliphatic rings. The molecule has 3 aromatic rings. The number of piperidine rings is 1. The van der Waals surface area contributed by atoms with E-state index in [0.717, 1.165) is 24.8 Å². The van der Waals surface area contributed by atoms with Crippen LogP contribution >= 0.6 is 0 Å². The van der Waals surface area contributed by atoms with Crippen LogP contribution in [0.4, 0.5) is 10.6 Å². The number of aryl methyl sites for hydroxylation is 1. The van der Waals surface area contributed by atoms with Gasteiger partial charge in [-0.05, 0) is 83.2 Å². The number of carbonyl (C=O) groups is 3. The molecule has 1 saturated heterocycles. The lowest BCUT2D eigenvalue weighted by Gasteiger charge is -2.36. The van der Waals surface area contributed by atoms with Crippen LogP contribution in [0.3, 0.4) is 0 Å². The van der Waals surface area contributed by atoms with E-state index in [1.807, 2.05) is 39.8 Å². The largest absolute Gasteiger partial charge is 0.461 e. The molecular weight excluding hydrogens is 524 g/mol. The predicted octanol–water partition coefficient (Wildman–Crippen LogP) is 5.11. The summed E-state index contributed by atoms with van der Waals surface area (Å²) in [4.78, 5) is 49.6. The fourth-order valence-electron chi connectivity index (χ4n) is 4.75. The molecule has 0 spiro atoms. The third-order valence-electron chi connectivity index (χ3n) is 6.73. The molecule has 11 nitrogen and oxygen atoms in total. The number of pyridine rings is 1. The number of carbonyl (C=O) groups excluding carboxylic acids is 3. The molecule has 3 heterocycles. The zero-order valence-corrected chi connectivity index (χ0v) is 24.3. The Kier molecular flexibility index (Phi) is 8.95. The van der Waals surface area contributed by atoms with Gasteiger partial charge in [0.25, 0.3) is 5.91 Å². The lowest BCUT2D eigenvalue weighted by molar-refractivity contribution is 0.00820. The van der Waals surface area contributed by atoms with Crippen molar-refractivity contribution in [3.63, 3.8) is 0 Å². The Morgan fingerprint density at radius 1 is 1.10 bits per heavy atom. The lowest BCUT2D eigenvalue weighted by Crippen LogP contribution is -2.43. The molecule has 218 valence electrons. The van der Waals surface area contributed by atoms with Crippen molar-refractivity contribution in [2.24, 2.45) is 0 Å². The van der Waals surface area contributed by atoms with Gasteiger partial charge in [0.1, 0.15) is 17.1 Å². The Bertz CT molecular complexity index is 1410. The molecule has 1 atom stereocenters. The maximum atomic E-state index is 13.1. The number of hydrogen-bond donors (Lipinski definition) is 2. The molecule has 2 amide bonds. The van der Waals surface area contributed by atoms with Gasteiger partial charge in [-0.2, -0.15) is 0 Å². The third-order valence-corrected chi connectivity index (χ3v) is 6.73. The van der Waals surface area contributed by atoms with Gasteiger partial charge in [-0.1, -0.05) is 19.1 Å². The Hall–Kier alpha value is -4.41. The molecule has 0 radical (unpaired) electrons. The van der Waals surface area contributed by atoms with Crippen LogP contribution in [-0.2, 0) is 15.9 Å². The second-order valence-corrected chi connectivity index (χ2v) is 10.9. The summed E-state index contributed by atoms with van der Waals surface area (Å²) in [6, 6.07) is 9.94. The Morgan fingerprint density at radius 2 is 1.83 bits per heavy atom. The zero-order valence-electron chi connectivity index (χ0n) is 24.3. The highest BCUT2D eigenvalue weighted by Gasteiger charge is 2.36. The van der Waals surface area contributed by atoms with E-state index < -0.39 is 23.7 Å². The normalized spacial score (nSPS) is 15.3. The molecule has 11 heteroatoms. The van der Waals surface area contributed by atoms with E-state index in [9.17, 15) is 14.4 Å². The summed E-state index contributed by atoms with van der Waals surface area (Å²) >= 11 is 0. The van der Waals surface area contributed by atoms with Crippen LogP contribution in [-0.4, -0.2) is 56.3 Å². The lowest BCUT2D eigenvalue weighted by atomic mass is 10.0. The SMILES string of the molecule is CCOC(=O)c1c(-c2ccc(C(=O)Nc3cc(CC)ccn3)cc2)nc(C2CCCCN2C(=O)OC(C)(C)C)n1N. The molecule has 3 N–H and O–H groups in total. The molecular formula is C30H38N6O5. The van der Waals surface area contributed by atoms with Crippen molar-refractivity contribution in [1.82, 2.24) is 19.5 Å². The number of nitrogens with one attached hydrogen (secondary N) is 1. The van der Waals surface area contributed by atoms with Crippen LogP contribution < -0.4 is 11.2 Å². The van der Waals surface area contributed by atoms with Crippen LogP contribution in [0.25, 0.3) is 11.3 Å². The minimum atomic E-state index is -0.665. The molecule has 1 fully saturated rings. The summed E-state index contributed by atoms with van der Waals surface area (Å²) in [7, 11) is 0. The molecule has 1 aromatic carbocycles. The van der Waals surface area contributed by atoms with E-state index in [-0.39, 0.29) is 18.2 Å². The number of benzene rings is 1. The highest BCUT2D eigenvalue weighted by molar-refractivity contribution is 6.04. The summed E-state index contributed by atoms with van der Waals surface area (Å²) in [6.07, 6.45) is 4.32. The first kappa shape index (κ1) is 29.6. The average molecular weight is 563 g/mol. The molecule has 0 saturated carbocycles. The van der Waals surface area contributed by atoms with E-state index in [1.165, 1.54) is 4.68 Å². The quantitative estimate of drug-likeness (QED) is 0.299. The zero-order chi connectivity index (χ0) is 29.7. The van der Waals surface area contributed by atoms with Gasteiger partial charge in [0.15, 0.2) is 11.5 Å². The Balaban J connectivity index is 1.66. The second-order valence-electron chi connectivity index (χ2n) is 10.9. The minimum Gasteiger partial charge on any atom is -0.461 e. The topological polar surface area (TPSA) is 142 Å². The number of esters is 1. The number of likely N-dealkylation sites (tertiary alicyclic amines) is 1. The van der Waals surface area contributed by atoms with Gasteiger partial charge in [-0.15, -0.1) is 0 Å². The number of amides is 2. The first-order chi connectivity index (χ1) is 19.5. The molecule has 0 bridgehead atoms. The summed E-state index contributed by atoms with van der Waals surface area (Å²) in [5.41, 5.74) is 1.75. The van der Waals surface area contributed by atoms with Gasteiger partial charge >= 0.3 is 12.1 Å². The predicted molar refractivity (Wildman–Crippen MR) is 155 cm³/mol. The molecule has 41 heavy (non-hydrogen) atoms. The van der Waals surface area contributed by atoms with E-state index >= 15 is 0 Å². The van der Waals surface area contributed by atoms with E-state index in [0.29, 0.717) is 41.4 Å². The number of imidazole rings is 1. The van der Waals surface area contributed by atoms with Crippen molar-refractivity contribution in [2.45, 2.75) is 71.9 Å². The van der Waals surface area contributed by atoms with Crippen LogP contribution in [0.1, 0.15) is 92.2 Å². The Labute approximate surface area is 240 Å². The van der Waals surface area contributed by atoms with E-state index in [4.69, 9.17) is 20.3 Å². The maximum Gasteiger partial charge on any atom is 0.410 e. The number of ether oxygens (including phenoxy) is 2. The van der Waals surface area contributed by atoms with Gasteiger partial charge in [0.05, 0.1) is 12.6 Å². The summed E-state index contributed by atoms with van der Waals surface area (Å²) in [5.74, 6) is 6.36. The van der Waals surface area contributed by atoms with Crippen molar-refractivity contribution in [3.8, 4) is 11.3 Å². The summed E-state index contributed by atoms with van der Waals surface area (Å²) < 4.78 is 12.2. The average Bonchev–Trinajstić information content (AvgIpc) is 3.29. The number of nitrogen functional groups attached to an aromatic ring is 1. The van der Waals surface area contributed by atoms with Crippen molar-refractivity contribution < 1.29 is 23.9 Å². The molecule has 0 aliphatic carbocycles. The smallest absolute Gasteiger partial charge is 0.410 e. The third kappa shape index (κ3) is 6.85. The van der Waals surface area contributed by atoms with Crippen molar-refractivity contribution in [3.05, 3.63) is 65.2 Å². The van der Waals surface area contributed by atoms with Gasteiger partial charge in [-0.25, -0.2) is 24.2 Å². The van der Waals surface area contributed by atoms with E-state index in [2.05, 4.69) is 10.3 Å². The van der Waals surface area contributed by atoms with Gasteiger partial charge < -0.3 is 20.6 Å². The number of nitrogens with two attached hydrogens (primary N) is 1. The molecule has 4 rings (SSSR count). The minimum absolute atomic E-state index is 0.0642. The first-order valence-electron chi connectivity index (χ1n) is 13.9. The van der Waals surface area contributed by atoms with Crippen LogP contribution in [0.15, 0.2) is 42.6 Å². The van der Waals surface area contributed by atoms with Crippen molar-refractivity contribution in [2.75, 3.05) is 24.3 Å². The molecule has 2 aromatic heterocycles.